The molecule has 0 aliphatic heterocycles. The van der Waals surface area contributed by atoms with Crippen LogP contribution in [0.2, 0.25) is 0 Å². The van der Waals surface area contributed by atoms with E-state index in [1.54, 1.807) is 0 Å². The molecular formula is C12H24O4Zr. The maximum atomic E-state index is 10.2. The van der Waals surface area contributed by atoms with Crippen molar-refractivity contribution in [3.8, 4) is 0 Å². The minimum absolute atomic E-state index is 0. The summed E-state index contributed by atoms with van der Waals surface area (Å²) in [5.74, 6) is -0.659. The van der Waals surface area contributed by atoms with Crippen LogP contribution in [0.4, 0.5) is 0 Å². The van der Waals surface area contributed by atoms with Gasteiger partial charge in [-0.25, -0.2) is 0 Å². The van der Waals surface area contributed by atoms with Crippen molar-refractivity contribution < 1.29 is 47.1 Å². The van der Waals surface area contributed by atoms with Crippen molar-refractivity contribution in [3.05, 3.63) is 0 Å². The summed E-state index contributed by atoms with van der Waals surface area (Å²) >= 11 is 0. The molecule has 0 aliphatic carbocycles. The van der Waals surface area contributed by atoms with Crippen LogP contribution in [0, 0.1) is 0 Å². The molecule has 0 aromatic carbocycles. The van der Waals surface area contributed by atoms with E-state index in [0.29, 0.717) is 6.42 Å². The second kappa shape index (κ2) is 21.5. The minimum Gasteiger partial charge on any atom is -2.00 e. The van der Waals surface area contributed by atoms with Crippen molar-refractivity contribution in [2.24, 2.45) is 0 Å². The number of carboxylic acid groups (broad SMARTS) is 1. The summed E-state index contributed by atoms with van der Waals surface area (Å²) in [5.41, 5.74) is 0. The van der Waals surface area contributed by atoms with Gasteiger partial charge in [0.05, 0.1) is 0 Å². The summed E-state index contributed by atoms with van der Waals surface area (Å²) < 4.78 is 0. The third-order valence-electron chi connectivity index (χ3n) is 2.49. The molecule has 0 atom stereocenters. The molecular weight excluding hydrogens is 299 g/mol. The smallest absolute Gasteiger partial charge is 2.00 e. The standard InChI is InChI=1S/C12H24O2.2O.Zr/c1-2-3-4-5-6-7-8-9-10-11-12(13)14;;;/h2-11H2,1H3,(H,13,14);;;/q;2*-2;+4. The molecule has 1 N–H and O–H groups in total. The van der Waals surface area contributed by atoms with Gasteiger partial charge in [-0.2, -0.15) is 0 Å². The van der Waals surface area contributed by atoms with Crippen molar-refractivity contribution in [2.75, 3.05) is 0 Å². The van der Waals surface area contributed by atoms with E-state index in [4.69, 9.17) is 5.11 Å². The largest absolute Gasteiger partial charge is 4.00 e. The molecule has 0 heterocycles. The first-order valence-corrected chi connectivity index (χ1v) is 5.99. The predicted octanol–water partition coefficient (Wildman–Crippen LogP) is 3.75. The van der Waals surface area contributed by atoms with E-state index in [0.717, 1.165) is 12.8 Å². The molecule has 5 heteroatoms. The topological polar surface area (TPSA) is 94.3 Å². The van der Waals surface area contributed by atoms with E-state index in [1.807, 2.05) is 0 Å². The van der Waals surface area contributed by atoms with Crippen LogP contribution in [-0.4, -0.2) is 11.1 Å². The monoisotopic (exact) mass is 322 g/mol. The molecule has 0 aromatic rings. The van der Waals surface area contributed by atoms with Crippen molar-refractivity contribution in [2.45, 2.75) is 71.1 Å². The summed E-state index contributed by atoms with van der Waals surface area (Å²) in [7, 11) is 0. The first-order valence-electron chi connectivity index (χ1n) is 5.99. The normalized spacial score (nSPS) is 8.53. The Morgan fingerprint density at radius 2 is 1.18 bits per heavy atom. The number of hydrogen-bond acceptors (Lipinski definition) is 1. The van der Waals surface area contributed by atoms with E-state index in [-0.39, 0.29) is 37.2 Å². The van der Waals surface area contributed by atoms with E-state index in [9.17, 15) is 4.79 Å². The molecule has 0 rings (SSSR count). The second-order valence-electron chi connectivity index (χ2n) is 3.97. The molecule has 0 saturated heterocycles. The van der Waals surface area contributed by atoms with Gasteiger partial charge in [-0.15, -0.1) is 0 Å². The zero-order valence-electron chi connectivity index (χ0n) is 10.7. The van der Waals surface area contributed by atoms with Crippen LogP contribution in [-0.2, 0) is 42.0 Å². The van der Waals surface area contributed by atoms with Gasteiger partial charge >= 0.3 is 32.2 Å². The van der Waals surface area contributed by atoms with Crippen molar-refractivity contribution in [1.82, 2.24) is 0 Å². The molecule has 100 valence electrons. The molecule has 0 spiro atoms. The summed E-state index contributed by atoms with van der Waals surface area (Å²) in [5, 5.41) is 8.41. The predicted molar refractivity (Wildman–Crippen MR) is 60.9 cm³/mol. The van der Waals surface area contributed by atoms with Gasteiger partial charge in [0, 0.05) is 6.42 Å². The fraction of sp³-hybridized carbons (Fsp3) is 0.917. The Bertz CT molecular complexity index is 142. The van der Waals surface area contributed by atoms with Gasteiger partial charge in [-0.3, -0.25) is 4.79 Å². The van der Waals surface area contributed by atoms with Gasteiger partial charge in [0.25, 0.3) is 0 Å². The number of carboxylic acids is 1. The maximum absolute atomic E-state index is 10.2. The first kappa shape index (κ1) is 26.0. The molecule has 0 aromatic heterocycles. The SMILES string of the molecule is CCCCCCCCCCCC(=O)O.[O-2].[O-2].[Zr+4]. The van der Waals surface area contributed by atoms with E-state index in [2.05, 4.69) is 6.92 Å². The van der Waals surface area contributed by atoms with Crippen LogP contribution in [0.1, 0.15) is 71.1 Å². The summed E-state index contributed by atoms with van der Waals surface area (Å²) in [6, 6.07) is 0. The van der Waals surface area contributed by atoms with Gasteiger partial charge in [0.1, 0.15) is 0 Å². The molecule has 0 fully saturated rings. The maximum Gasteiger partial charge on any atom is 4.00 e. The number of hydrogen-bond donors (Lipinski definition) is 1. The van der Waals surface area contributed by atoms with Gasteiger partial charge < -0.3 is 16.1 Å². The number of aliphatic carboxylic acids is 1. The quantitative estimate of drug-likeness (QED) is 0.620. The molecule has 0 saturated carbocycles. The Morgan fingerprint density at radius 1 is 0.824 bits per heavy atom. The first-order chi connectivity index (χ1) is 6.77. The van der Waals surface area contributed by atoms with Crippen LogP contribution in [0.25, 0.3) is 0 Å². The molecule has 0 aliphatic rings. The molecule has 0 bridgehead atoms. The Kier molecular flexibility index (Phi) is 32.9. The number of rotatable bonds is 10. The van der Waals surface area contributed by atoms with Crippen molar-refractivity contribution in [1.29, 1.82) is 0 Å². The Hall–Kier alpha value is 0.273. The Balaban J connectivity index is -0.000000282. The van der Waals surface area contributed by atoms with Gasteiger partial charge in [-0.05, 0) is 6.42 Å². The van der Waals surface area contributed by atoms with Gasteiger partial charge in [0.15, 0.2) is 0 Å². The summed E-state index contributed by atoms with van der Waals surface area (Å²) in [6.45, 7) is 2.23. The molecule has 0 unspecified atom stereocenters. The average molecular weight is 324 g/mol. The van der Waals surface area contributed by atoms with Crippen LogP contribution in [0.15, 0.2) is 0 Å². The van der Waals surface area contributed by atoms with E-state index >= 15 is 0 Å². The van der Waals surface area contributed by atoms with Gasteiger partial charge in [-0.1, -0.05) is 58.3 Å². The number of unbranched alkanes of at least 4 members (excludes halogenated alkanes) is 8. The van der Waals surface area contributed by atoms with Crippen molar-refractivity contribution >= 4 is 5.97 Å². The molecule has 0 radical (unpaired) electrons. The summed E-state index contributed by atoms with van der Waals surface area (Å²) in [6.07, 6.45) is 11.5. The fourth-order valence-corrected chi connectivity index (χ4v) is 1.59. The fourth-order valence-electron chi connectivity index (χ4n) is 1.59. The van der Waals surface area contributed by atoms with Crippen LogP contribution in [0.5, 0.6) is 0 Å². The van der Waals surface area contributed by atoms with Crippen molar-refractivity contribution in [3.63, 3.8) is 0 Å². The van der Waals surface area contributed by atoms with E-state index < -0.39 is 5.97 Å². The molecule has 0 amide bonds. The van der Waals surface area contributed by atoms with Crippen LogP contribution >= 0.6 is 0 Å². The third kappa shape index (κ3) is 26.1. The molecule has 4 nitrogen and oxygen atoms in total. The van der Waals surface area contributed by atoms with Crippen LogP contribution < -0.4 is 0 Å². The Morgan fingerprint density at radius 3 is 1.53 bits per heavy atom. The van der Waals surface area contributed by atoms with Gasteiger partial charge in [0.2, 0.25) is 0 Å². The number of carbonyl (C=O) groups is 1. The van der Waals surface area contributed by atoms with Crippen LogP contribution in [0.3, 0.4) is 0 Å². The molecule has 17 heavy (non-hydrogen) atoms. The van der Waals surface area contributed by atoms with E-state index in [1.165, 1.54) is 44.9 Å². The zero-order valence-corrected chi connectivity index (χ0v) is 13.2. The zero-order chi connectivity index (χ0) is 10.6. The summed E-state index contributed by atoms with van der Waals surface area (Å²) in [4.78, 5) is 10.2. The Labute approximate surface area is 124 Å². The minimum atomic E-state index is -0.659. The second-order valence-corrected chi connectivity index (χ2v) is 3.97. The average Bonchev–Trinajstić information content (AvgIpc) is 2.15. The third-order valence-corrected chi connectivity index (χ3v) is 2.49.